The Morgan fingerprint density at radius 2 is 1.95 bits per heavy atom. The van der Waals surface area contributed by atoms with Crippen LogP contribution in [0.4, 0.5) is 0 Å². The lowest BCUT2D eigenvalue weighted by Crippen LogP contribution is -2.37. The molecule has 1 aromatic rings. The number of morpholine rings is 1. The Morgan fingerprint density at radius 1 is 1.21 bits per heavy atom. The molecule has 0 unspecified atom stereocenters. The summed E-state index contributed by atoms with van der Waals surface area (Å²) >= 11 is 1.79. The molecule has 2 rings (SSSR count). The fraction of sp³-hybridized carbons (Fsp3) is 0.600. The van der Waals surface area contributed by atoms with Crippen molar-refractivity contribution >= 4 is 11.8 Å². The van der Waals surface area contributed by atoms with Gasteiger partial charge in [0.1, 0.15) is 0 Å². The van der Waals surface area contributed by atoms with Gasteiger partial charge in [0.25, 0.3) is 0 Å². The standard InChI is InChI=1S/C15H24N2OS/c1-19-15-5-3-14(4-6-15)13-16-7-2-8-17-9-11-18-12-10-17/h3-6,16H,2,7-13H2,1H3. The predicted octanol–water partition coefficient (Wildman–Crippen LogP) is 2.22. The van der Waals surface area contributed by atoms with E-state index in [1.165, 1.54) is 23.4 Å². The second-order valence-electron chi connectivity index (χ2n) is 4.83. The average Bonchev–Trinajstić information content (AvgIpc) is 2.49. The van der Waals surface area contributed by atoms with E-state index in [1.807, 2.05) is 0 Å². The van der Waals surface area contributed by atoms with E-state index in [9.17, 15) is 0 Å². The van der Waals surface area contributed by atoms with Gasteiger partial charge in [0, 0.05) is 24.5 Å². The Hall–Kier alpha value is -0.550. The molecule has 19 heavy (non-hydrogen) atoms. The van der Waals surface area contributed by atoms with Crippen LogP contribution in [-0.2, 0) is 11.3 Å². The number of benzene rings is 1. The number of nitrogens with one attached hydrogen (secondary N) is 1. The Morgan fingerprint density at radius 3 is 2.63 bits per heavy atom. The zero-order valence-corrected chi connectivity index (χ0v) is 12.5. The number of rotatable bonds is 7. The summed E-state index contributed by atoms with van der Waals surface area (Å²) in [7, 11) is 0. The van der Waals surface area contributed by atoms with Crippen LogP contribution < -0.4 is 5.32 Å². The molecule has 1 fully saturated rings. The number of hydrogen-bond donors (Lipinski definition) is 1. The predicted molar refractivity (Wildman–Crippen MR) is 81.8 cm³/mol. The summed E-state index contributed by atoms with van der Waals surface area (Å²) in [6.07, 6.45) is 3.32. The molecule has 0 amide bonds. The Bertz CT molecular complexity index is 350. The summed E-state index contributed by atoms with van der Waals surface area (Å²) < 4.78 is 5.34. The summed E-state index contributed by atoms with van der Waals surface area (Å²) in [5.74, 6) is 0. The van der Waals surface area contributed by atoms with Crippen molar-refractivity contribution in [1.29, 1.82) is 0 Å². The maximum atomic E-state index is 5.34. The fourth-order valence-corrected chi connectivity index (χ4v) is 2.64. The first kappa shape index (κ1) is 14.9. The van der Waals surface area contributed by atoms with Gasteiger partial charge in [0.15, 0.2) is 0 Å². The highest BCUT2D eigenvalue weighted by Crippen LogP contribution is 2.14. The van der Waals surface area contributed by atoms with E-state index in [0.717, 1.165) is 39.4 Å². The van der Waals surface area contributed by atoms with Crippen LogP contribution in [0.25, 0.3) is 0 Å². The highest BCUT2D eigenvalue weighted by Gasteiger charge is 2.08. The van der Waals surface area contributed by atoms with Crippen LogP contribution in [0, 0.1) is 0 Å². The molecular formula is C15H24N2OS. The highest BCUT2D eigenvalue weighted by atomic mass is 32.2. The van der Waals surface area contributed by atoms with Gasteiger partial charge in [-0.3, -0.25) is 4.90 Å². The van der Waals surface area contributed by atoms with Crippen LogP contribution in [0.5, 0.6) is 0 Å². The molecule has 1 saturated heterocycles. The molecule has 1 N–H and O–H groups in total. The van der Waals surface area contributed by atoms with E-state index >= 15 is 0 Å². The van der Waals surface area contributed by atoms with Crippen LogP contribution in [0.1, 0.15) is 12.0 Å². The number of thioether (sulfide) groups is 1. The first-order valence-corrected chi connectivity index (χ1v) is 8.25. The van der Waals surface area contributed by atoms with Crippen LogP contribution in [0.2, 0.25) is 0 Å². The summed E-state index contributed by atoms with van der Waals surface area (Å²) in [6, 6.07) is 8.80. The van der Waals surface area contributed by atoms with Gasteiger partial charge in [-0.15, -0.1) is 11.8 Å². The molecular weight excluding hydrogens is 256 g/mol. The number of hydrogen-bond acceptors (Lipinski definition) is 4. The lowest BCUT2D eigenvalue weighted by molar-refractivity contribution is 0.0374. The summed E-state index contributed by atoms with van der Waals surface area (Å²) in [4.78, 5) is 3.81. The third-order valence-electron chi connectivity index (χ3n) is 3.42. The number of nitrogens with zero attached hydrogens (tertiary/aromatic N) is 1. The van der Waals surface area contributed by atoms with E-state index in [2.05, 4.69) is 40.7 Å². The molecule has 0 aromatic heterocycles. The number of ether oxygens (including phenoxy) is 1. The van der Waals surface area contributed by atoms with Gasteiger partial charge in [0.2, 0.25) is 0 Å². The van der Waals surface area contributed by atoms with Crippen molar-refractivity contribution in [3.63, 3.8) is 0 Å². The molecule has 3 nitrogen and oxygen atoms in total. The fourth-order valence-electron chi connectivity index (χ4n) is 2.23. The molecule has 1 heterocycles. The molecule has 1 aliphatic rings. The Kier molecular flexibility index (Phi) is 6.71. The normalized spacial score (nSPS) is 16.7. The minimum atomic E-state index is 0.898. The molecule has 0 atom stereocenters. The van der Waals surface area contributed by atoms with Crippen molar-refractivity contribution < 1.29 is 4.74 Å². The van der Waals surface area contributed by atoms with Gasteiger partial charge in [-0.1, -0.05) is 12.1 Å². The van der Waals surface area contributed by atoms with Crippen molar-refractivity contribution in [3.8, 4) is 0 Å². The maximum absolute atomic E-state index is 5.34. The van der Waals surface area contributed by atoms with Crippen LogP contribution in [0.3, 0.4) is 0 Å². The molecule has 0 saturated carbocycles. The van der Waals surface area contributed by atoms with E-state index in [0.29, 0.717) is 0 Å². The minimum absolute atomic E-state index is 0.898. The molecule has 0 bridgehead atoms. The highest BCUT2D eigenvalue weighted by molar-refractivity contribution is 7.98. The smallest absolute Gasteiger partial charge is 0.0594 e. The van der Waals surface area contributed by atoms with Gasteiger partial charge in [0.05, 0.1) is 13.2 Å². The average molecular weight is 280 g/mol. The zero-order chi connectivity index (χ0) is 13.3. The van der Waals surface area contributed by atoms with Crippen molar-refractivity contribution in [2.24, 2.45) is 0 Å². The van der Waals surface area contributed by atoms with E-state index < -0.39 is 0 Å². The molecule has 1 aliphatic heterocycles. The summed E-state index contributed by atoms with van der Waals surface area (Å²) in [6.45, 7) is 7.22. The largest absolute Gasteiger partial charge is 0.379 e. The third kappa shape index (κ3) is 5.53. The molecule has 1 aromatic carbocycles. The second kappa shape index (κ2) is 8.59. The molecule has 0 radical (unpaired) electrons. The SMILES string of the molecule is CSc1ccc(CNCCCN2CCOCC2)cc1. The maximum Gasteiger partial charge on any atom is 0.0594 e. The molecule has 4 heteroatoms. The van der Waals surface area contributed by atoms with Crippen molar-refractivity contribution in [2.75, 3.05) is 45.6 Å². The monoisotopic (exact) mass is 280 g/mol. The third-order valence-corrected chi connectivity index (χ3v) is 4.16. The second-order valence-corrected chi connectivity index (χ2v) is 5.71. The van der Waals surface area contributed by atoms with E-state index in [1.54, 1.807) is 11.8 Å². The lowest BCUT2D eigenvalue weighted by Gasteiger charge is -2.26. The summed E-state index contributed by atoms with van der Waals surface area (Å²) in [5.41, 5.74) is 1.36. The zero-order valence-electron chi connectivity index (χ0n) is 11.7. The van der Waals surface area contributed by atoms with Crippen molar-refractivity contribution in [3.05, 3.63) is 29.8 Å². The lowest BCUT2D eigenvalue weighted by atomic mass is 10.2. The first-order chi connectivity index (χ1) is 9.38. The first-order valence-electron chi connectivity index (χ1n) is 7.02. The van der Waals surface area contributed by atoms with E-state index in [-0.39, 0.29) is 0 Å². The minimum Gasteiger partial charge on any atom is -0.379 e. The summed E-state index contributed by atoms with van der Waals surface area (Å²) in [5, 5.41) is 3.51. The van der Waals surface area contributed by atoms with Crippen molar-refractivity contribution in [1.82, 2.24) is 10.2 Å². The van der Waals surface area contributed by atoms with Gasteiger partial charge in [-0.2, -0.15) is 0 Å². The molecule has 106 valence electrons. The van der Waals surface area contributed by atoms with Gasteiger partial charge in [-0.05, 0) is 43.5 Å². The quantitative estimate of drug-likeness (QED) is 0.611. The van der Waals surface area contributed by atoms with Crippen LogP contribution in [-0.4, -0.2) is 50.5 Å². The Labute approximate surface area is 120 Å². The van der Waals surface area contributed by atoms with Gasteiger partial charge in [-0.25, -0.2) is 0 Å². The molecule has 0 spiro atoms. The van der Waals surface area contributed by atoms with Gasteiger partial charge >= 0.3 is 0 Å². The topological polar surface area (TPSA) is 24.5 Å². The van der Waals surface area contributed by atoms with Crippen LogP contribution >= 0.6 is 11.8 Å². The van der Waals surface area contributed by atoms with E-state index in [4.69, 9.17) is 4.74 Å². The van der Waals surface area contributed by atoms with Gasteiger partial charge < -0.3 is 10.1 Å². The Balaban J connectivity index is 1.55. The molecule has 0 aliphatic carbocycles. The van der Waals surface area contributed by atoms with Crippen molar-refractivity contribution in [2.45, 2.75) is 17.9 Å². The van der Waals surface area contributed by atoms with Crippen LogP contribution in [0.15, 0.2) is 29.2 Å².